The number of aliphatic hydroxyl groups excluding tert-OH is 2. The Balaban J connectivity index is 4.02. The molecule has 8 heteroatoms. The maximum absolute atomic E-state index is 12.3. The number of unbranched alkanes of at least 4 members (excludes halogenated alkanes) is 11. The van der Waals surface area contributed by atoms with E-state index in [1.165, 1.54) is 58.8 Å². The number of aliphatic carboxylic acids is 1. The Morgan fingerprint density at radius 1 is 0.865 bits per heavy atom. The van der Waals surface area contributed by atoms with Gasteiger partial charge < -0.3 is 26.0 Å². The molecule has 0 aromatic carbocycles. The van der Waals surface area contributed by atoms with Crippen LogP contribution in [0.3, 0.4) is 0 Å². The highest BCUT2D eigenvalue weighted by atomic mass is 16.4. The predicted octanol–water partition coefficient (Wildman–Crippen LogP) is 4.73. The third-order valence-electron chi connectivity index (χ3n) is 6.87. The maximum Gasteiger partial charge on any atom is 0.310 e. The summed E-state index contributed by atoms with van der Waals surface area (Å²) in [5, 5.41) is 34.0. The Kier molecular flexibility index (Phi) is 20.0. The van der Waals surface area contributed by atoms with Crippen molar-refractivity contribution in [1.29, 1.82) is 0 Å². The third-order valence-corrected chi connectivity index (χ3v) is 6.87. The first-order valence-electron chi connectivity index (χ1n) is 14.3. The lowest BCUT2D eigenvalue weighted by Gasteiger charge is -2.28. The number of nitrogens with one attached hydrogen (secondary N) is 2. The highest BCUT2D eigenvalue weighted by molar-refractivity contribution is 5.82. The molecule has 0 saturated heterocycles. The number of carboxylic acids is 1. The van der Waals surface area contributed by atoms with Crippen LogP contribution in [0.25, 0.3) is 0 Å². The van der Waals surface area contributed by atoms with Crippen molar-refractivity contribution < 1.29 is 29.7 Å². The van der Waals surface area contributed by atoms with Gasteiger partial charge in [-0.3, -0.25) is 14.4 Å². The van der Waals surface area contributed by atoms with Crippen LogP contribution in [0.2, 0.25) is 0 Å². The molecule has 3 atom stereocenters. The average Bonchev–Trinajstić information content (AvgIpc) is 2.85. The summed E-state index contributed by atoms with van der Waals surface area (Å²) >= 11 is 0. The van der Waals surface area contributed by atoms with Crippen LogP contribution in [0.1, 0.15) is 118 Å². The fourth-order valence-electron chi connectivity index (χ4n) is 4.01. The number of carbonyl (C=O) groups excluding carboxylic acids is 2. The Morgan fingerprint density at radius 2 is 1.38 bits per heavy atom. The van der Waals surface area contributed by atoms with E-state index in [2.05, 4.69) is 29.7 Å². The second-order valence-corrected chi connectivity index (χ2v) is 10.9. The Labute approximate surface area is 224 Å². The molecule has 0 rings (SSSR count). The molecule has 0 heterocycles. The summed E-state index contributed by atoms with van der Waals surface area (Å²) in [7, 11) is 0. The van der Waals surface area contributed by atoms with Gasteiger partial charge in [0.2, 0.25) is 11.8 Å². The van der Waals surface area contributed by atoms with Crippen molar-refractivity contribution in [2.75, 3.05) is 13.2 Å². The van der Waals surface area contributed by atoms with Gasteiger partial charge in [-0.25, -0.2) is 0 Å². The molecule has 5 N–H and O–H groups in total. The second-order valence-electron chi connectivity index (χ2n) is 10.9. The monoisotopic (exact) mass is 526 g/mol. The summed E-state index contributed by atoms with van der Waals surface area (Å²) < 4.78 is 0. The van der Waals surface area contributed by atoms with Crippen molar-refractivity contribution >= 4 is 17.8 Å². The molecular weight excluding hydrogens is 472 g/mol. The van der Waals surface area contributed by atoms with E-state index in [1.54, 1.807) is 6.92 Å². The lowest BCUT2D eigenvalue weighted by molar-refractivity contribution is -0.143. The van der Waals surface area contributed by atoms with Crippen molar-refractivity contribution in [3.05, 3.63) is 12.2 Å². The largest absolute Gasteiger partial charge is 0.481 e. The smallest absolute Gasteiger partial charge is 0.310 e. The van der Waals surface area contributed by atoms with Crippen molar-refractivity contribution in [2.45, 2.75) is 130 Å². The molecule has 0 radical (unpaired) electrons. The molecule has 0 bridgehead atoms. The SMILES string of the molecule is CCCCCCCC/C=C\CCCCCCCC(=O)NC(C)[C@H](CNC(=O)C(O)C(C)(C)CO)C(=O)O. The molecule has 0 spiro atoms. The first-order chi connectivity index (χ1) is 17.6. The molecule has 0 aromatic heterocycles. The molecular formula is C29H54N2O6. The lowest BCUT2D eigenvalue weighted by Crippen LogP contribution is -2.50. The molecule has 0 saturated carbocycles. The summed E-state index contributed by atoms with van der Waals surface area (Å²) in [6, 6.07) is -0.684. The molecule has 0 aliphatic heterocycles. The van der Waals surface area contributed by atoms with Gasteiger partial charge in [-0.15, -0.1) is 0 Å². The molecule has 0 aromatic rings. The molecule has 37 heavy (non-hydrogen) atoms. The standard InChI is InChI=1S/C29H54N2O6/c1-5-6-7-8-9-10-11-12-13-14-15-16-17-18-19-20-25(33)31-23(2)24(28(36)37)21-30-27(35)26(34)29(3,4)22-32/h12-13,23-24,26,32,34H,5-11,14-22H2,1-4H3,(H,30,35)(H,31,33)(H,36,37)/b13-12-/t23?,24-,26?/m0/s1. The van der Waals surface area contributed by atoms with Crippen LogP contribution in [-0.2, 0) is 14.4 Å². The summed E-state index contributed by atoms with van der Waals surface area (Å²) in [6.07, 6.45) is 18.8. The highest BCUT2D eigenvalue weighted by Gasteiger charge is 2.34. The van der Waals surface area contributed by atoms with E-state index in [1.807, 2.05) is 0 Å². The molecule has 2 amide bonds. The predicted molar refractivity (Wildman–Crippen MR) is 148 cm³/mol. The van der Waals surface area contributed by atoms with Gasteiger partial charge in [-0.05, 0) is 39.0 Å². The van der Waals surface area contributed by atoms with Crippen molar-refractivity contribution in [2.24, 2.45) is 11.3 Å². The zero-order valence-corrected chi connectivity index (χ0v) is 23.8. The van der Waals surface area contributed by atoms with E-state index in [0.29, 0.717) is 6.42 Å². The van der Waals surface area contributed by atoms with Crippen molar-refractivity contribution in [3.63, 3.8) is 0 Å². The van der Waals surface area contributed by atoms with Crippen LogP contribution < -0.4 is 10.6 Å². The van der Waals surface area contributed by atoms with Gasteiger partial charge in [0.1, 0.15) is 6.10 Å². The molecule has 2 unspecified atom stereocenters. The zero-order chi connectivity index (χ0) is 28.1. The van der Waals surface area contributed by atoms with Crippen molar-refractivity contribution in [1.82, 2.24) is 10.6 Å². The average molecular weight is 527 g/mol. The normalized spacial score (nSPS) is 14.3. The van der Waals surface area contributed by atoms with Gasteiger partial charge in [0.25, 0.3) is 0 Å². The zero-order valence-electron chi connectivity index (χ0n) is 23.8. The van der Waals surface area contributed by atoms with Gasteiger partial charge in [-0.1, -0.05) is 84.3 Å². The van der Waals surface area contributed by atoms with Gasteiger partial charge in [0.15, 0.2) is 0 Å². The van der Waals surface area contributed by atoms with Gasteiger partial charge in [0.05, 0.1) is 12.5 Å². The second kappa shape index (κ2) is 21.1. The summed E-state index contributed by atoms with van der Waals surface area (Å²) in [5.74, 6) is -3.14. The summed E-state index contributed by atoms with van der Waals surface area (Å²) in [5.41, 5.74) is -1.05. The van der Waals surface area contributed by atoms with Crippen LogP contribution in [-0.4, -0.2) is 58.4 Å². The first-order valence-corrected chi connectivity index (χ1v) is 14.3. The Hall–Kier alpha value is -1.93. The van der Waals surface area contributed by atoms with E-state index >= 15 is 0 Å². The van der Waals surface area contributed by atoms with Crippen LogP contribution >= 0.6 is 0 Å². The van der Waals surface area contributed by atoms with E-state index in [4.69, 9.17) is 0 Å². The lowest BCUT2D eigenvalue weighted by atomic mass is 9.87. The van der Waals surface area contributed by atoms with Crippen molar-refractivity contribution in [3.8, 4) is 0 Å². The van der Waals surface area contributed by atoms with E-state index in [9.17, 15) is 29.7 Å². The number of aliphatic hydroxyl groups is 2. The van der Waals surface area contributed by atoms with E-state index in [0.717, 1.165) is 38.5 Å². The molecule has 8 nitrogen and oxygen atoms in total. The number of carbonyl (C=O) groups is 3. The Morgan fingerprint density at radius 3 is 1.89 bits per heavy atom. The number of rotatable bonds is 23. The maximum atomic E-state index is 12.3. The number of hydrogen-bond acceptors (Lipinski definition) is 5. The first kappa shape index (κ1) is 35.1. The minimum absolute atomic E-state index is 0.204. The topological polar surface area (TPSA) is 136 Å². The Bertz CT molecular complexity index is 665. The minimum atomic E-state index is -1.47. The van der Waals surface area contributed by atoms with Crippen LogP contribution in [0.5, 0.6) is 0 Å². The fraction of sp³-hybridized carbons (Fsp3) is 0.828. The fourth-order valence-corrected chi connectivity index (χ4v) is 4.01. The van der Waals surface area contributed by atoms with E-state index < -0.39 is 42.0 Å². The minimum Gasteiger partial charge on any atom is -0.481 e. The van der Waals surface area contributed by atoms with Crippen LogP contribution in [0, 0.1) is 11.3 Å². The number of amides is 2. The van der Waals surface area contributed by atoms with E-state index in [-0.39, 0.29) is 12.5 Å². The molecule has 0 fully saturated rings. The third kappa shape index (κ3) is 17.3. The van der Waals surface area contributed by atoms with Crippen LogP contribution in [0.15, 0.2) is 12.2 Å². The molecule has 216 valence electrons. The number of carboxylic acid groups (broad SMARTS) is 1. The van der Waals surface area contributed by atoms with Gasteiger partial charge >= 0.3 is 5.97 Å². The van der Waals surface area contributed by atoms with Crippen LogP contribution in [0.4, 0.5) is 0 Å². The summed E-state index contributed by atoms with van der Waals surface area (Å²) in [4.78, 5) is 36.1. The summed E-state index contributed by atoms with van der Waals surface area (Å²) in [6.45, 7) is 6.27. The molecule has 0 aliphatic rings. The number of hydrogen-bond donors (Lipinski definition) is 5. The quantitative estimate of drug-likeness (QED) is 0.0965. The highest BCUT2D eigenvalue weighted by Crippen LogP contribution is 2.19. The number of allylic oxidation sites excluding steroid dienone is 2. The molecule has 0 aliphatic carbocycles. The van der Waals surface area contributed by atoms with Gasteiger partial charge in [0, 0.05) is 24.4 Å². The van der Waals surface area contributed by atoms with Gasteiger partial charge in [-0.2, -0.15) is 0 Å².